The Balaban J connectivity index is 2.42. The lowest BCUT2D eigenvalue weighted by atomic mass is 9.87. The molecule has 102 valence electrons. The van der Waals surface area contributed by atoms with E-state index in [1.165, 1.54) is 25.7 Å². The Bertz CT molecular complexity index is 347. The van der Waals surface area contributed by atoms with Gasteiger partial charge in [-0.25, -0.2) is 0 Å². The quantitative estimate of drug-likeness (QED) is 0.680. The zero-order valence-electron chi connectivity index (χ0n) is 12.2. The van der Waals surface area contributed by atoms with Crippen LogP contribution in [0.5, 0.6) is 0 Å². The van der Waals surface area contributed by atoms with Gasteiger partial charge >= 0.3 is 0 Å². The fraction of sp³-hybridized carbons (Fsp3) is 0.667. The molecule has 0 fully saturated rings. The molecular formula is C15H27N3. The summed E-state index contributed by atoms with van der Waals surface area (Å²) in [6.45, 7) is 7.89. The number of unbranched alkanes of at least 4 members (excludes halogenated alkanes) is 2. The summed E-state index contributed by atoms with van der Waals surface area (Å²) >= 11 is 0. The molecule has 1 heterocycles. The summed E-state index contributed by atoms with van der Waals surface area (Å²) in [5, 5.41) is 6.59. The molecular weight excluding hydrogens is 222 g/mol. The Morgan fingerprint density at radius 3 is 2.56 bits per heavy atom. The molecule has 1 aromatic heterocycles. The van der Waals surface area contributed by atoms with Crippen LogP contribution in [0.15, 0.2) is 18.5 Å². The molecule has 18 heavy (non-hydrogen) atoms. The van der Waals surface area contributed by atoms with Gasteiger partial charge < -0.3 is 10.6 Å². The van der Waals surface area contributed by atoms with Crippen molar-refractivity contribution in [3.05, 3.63) is 18.5 Å². The van der Waals surface area contributed by atoms with Crippen molar-refractivity contribution in [2.75, 3.05) is 24.2 Å². The SMILES string of the molecule is CCCCCC(C)(C)CNc1cncc(NC)c1. The molecule has 3 heteroatoms. The Labute approximate surface area is 111 Å². The maximum Gasteiger partial charge on any atom is 0.0547 e. The van der Waals surface area contributed by atoms with E-state index in [0.717, 1.165) is 17.9 Å². The van der Waals surface area contributed by atoms with Crippen LogP contribution in [0.1, 0.15) is 46.5 Å². The van der Waals surface area contributed by atoms with Crippen LogP contribution in [-0.4, -0.2) is 18.6 Å². The van der Waals surface area contributed by atoms with Crippen LogP contribution >= 0.6 is 0 Å². The summed E-state index contributed by atoms with van der Waals surface area (Å²) in [6, 6.07) is 2.09. The molecule has 0 spiro atoms. The smallest absolute Gasteiger partial charge is 0.0547 e. The van der Waals surface area contributed by atoms with E-state index in [0.29, 0.717) is 5.41 Å². The van der Waals surface area contributed by atoms with Crippen molar-refractivity contribution in [1.82, 2.24) is 4.98 Å². The lowest BCUT2D eigenvalue weighted by Crippen LogP contribution is -2.23. The van der Waals surface area contributed by atoms with Gasteiger partial charge in [0.15, 0.2) is 0 Å². The lowest BCUT2D eigenvalue weighted by molar-refractivity contribution is 0.342. The first kappa shape index (κ1) is 14.8. The summed E-state index contributed by atoms with van der Waals surface area (Å²) in [7, 11) is 1.91. The zero-order chi connectivity index (χ0) is 13.4. The van der Waals surface area contributed by atoms with Crippen LogP contribution in [0.3, 0.4) is 0 Å². The molecule has 0 saturated carbocycles. The van der Waals surface area contributed by atoms with Crippen LogP contribution in [0.2, 0.25) is 0 Å². The molecule has 1 rings (SSSR count). The van der Waals surface area contributed by atoms with E-state index in [1.54, 1.807) is 0 Å². The standard InChI is InChI=1S/C15H27N3/c1-5-6-7-8-15(2,3)12-18-14-9-13(16-4)10-17-11-14/h9-11,16,18H,5-8,12H2,1-4H3. The molecule has 0 aliphatic heterocycles. The molecule has 0 radical (unpaired) electrons. The number of hydrogen-bond acceptors (Lipinski definition) is 3. The molecule has 0 aliphatic rings. The summed E-state index contributed by atoms with van der Waals surface area (Å²) in [5.41, 5.74) is 2.47. The minimum absolute atomic E-state index is 0.338. The minimum Gasteiger partial charge on any atom is -0.387 e. The van der Waals surface area contributed by atoms with Crippen molar-refractivity contribution in [2.24, 2.45) is 5.41 Å². The van der Waals surface area contributed by atoms with E-state index in [-0.39, 0.29) is 0 Å². The van der Waals surface area contributed by atoms with Crippen LogP contribution in [-0.2, 0) is 0 Å². The maximum absolute atomic E-state index is 4.21. The normalized spacial score (nSPS) is 11.3. The van der Waals surface area contributed by atoms with E-state index >= 15 is 0 Å². The van der Waals surface area contributed by atoms with E-state index in [9.17, 15) is 0 Å². The number of rotatable bonds is 8. The predicted molar refractivity (Wildman–Crippen MR) is 80.2 cm³/mol. The summed E-state index contributed by atoms with van der Waals surface area (Å²) in [5.74, 6) is 0. The monoisotopic (exact) mass is 249 g/mol. The predicted octanol–water partition coefficient (Wildman–Crippen LogP) is 4.14. The molecule has 0 aromatic carbocycles. The highest BCUT2D eigenvalue weighted by atomic mass is 14.9. The highest BCUT2D eigenvalue weighted by Crippen LogP contribution is 2.24. The van der Waals surface area contributed by atoms with Crippen molar-refractivity contribution >= 4 is 11.4 Å². The topological polar surface area (TPSA) is 37.0 Å². The average molecular weight is 249 g/mol. The number of anilines is 2. The fourth-order valence-corrected chi connectivity index (χ4v) is 1.96. The van der Waals surface area contributed by atoms with Gasteiger partial charge in [-0.2, -0.15) is 0 Å². The second-order valence-electron chi connectivity index (χ2n) is 5.69. The fourth-order valence-electron chi connectivity index (χ4n) is 1.96. The Kier molecular flexibility index (Phi) is 5.96. The van der Waals surface area contributed by atoms with E-state index in [4.69, 9.17) is 0 Å². The molecule has 0 unspecified atom stereocenters. The number of nitrogens with one attached hydrogen (secondary N) is 2. The highest BCUT2D eigenvalue weighted by molar-refractivity contribution is 5.53. The van der Waals surface area contributed by atoms with Crippen LogP contribution in [0.25, 0.3) is 0 Å². The van der Waals surface area contributed by atoms with Gasteiger partial charge in [0.2, 0.25) is 0 Å². The Hall–Kier alpha value is -1.25. The van der Waals surface area contributed by atoms with Gasteiger partial charge in [0, 0.05) is 13.6 Å². The molecule has 2 N–H and O–H groups in total. The van der Waals surface area contributed by atoms with Crippen molar-refractivity contribution in [2.45, 2.75) is 46.5 Å². The zero-order valence-corrected chi connectivity index (χ0v) is 12.2. The summed E-state index contributed by atoms with van der Waals surface area (Å²) in [4.78, 5) is 4.21. The van der Waals surface area contributed by atoms with Crippen LogP contribution in [0.4, 0.5) is 11.4 Å². The molecule has 1 aromatic rings. The number of pyridine rings is 1. The van der Waals surface area contributed by atoms with Crippen LogP contribution < -0.4 is 10.6 Å². The van der Waals surface area contributed by atoms with Crippen LogP contribution in [0, 0.1) is 5.41 Å². The summed E-state index contributed by atoms with van der Waals surface area (Å²) < 4.78 is 0. The molecule has 3 nitrogen and oxygen atoms in total. The van der Waals surface area contributed by atoms with Gasteiger partial charge in [-0.3, -0.25) is 4.98 Å². The third-order valence-corrected chi connectivity index (χ3v) is 3.26. The van der Waals surface area contributed by atoms with Crippen molar-refractivity contribution in [1.29, 1.82) is 0 Å². The molecule has 0 saturated heterocycles. The van der Waals surface area contributed by atoms with E-state index < -0.39 is 0 Å². The first-order valence-corrected chi connectivity index (χ1v) is 6.94. The van der Waals surface area contributed by atoms with Gasteiger partial charge in [-0.1, -0.05) is 40.0 Å². The first-order chi connectivity index (χ1) is 8.57. The van der Waals surface area contributed by atoms with Gasteiger partial charge in [-0.15, -0.1) is 0 Å². The Morgan fingerprint density at radius 1 is 1.17 bits per heavy atom. The van der Waals surface area contributed by atoms with E-state index in [2.05, 4.69) is 42.5 Å². The molecule has 0 atom stereocenters. The third-order valence-electron chi connectivity index (χ3n) is 3.26. The van der Waals surface area contributed by atoms with E-state index in [1.807, 2.05) is 19.4 Å². The third kappa shape index (κ3) is 5.39. The number of aromatic nitrogens is 1. The largest absolute Gasteiger partial charge is 0.387 e. The van der Waals surface area contributed by atoms with Gasteiger partial charge in [0.25, 0.3) is 0 Å². The van der Waals surface area contributed by atoms with Crippen molar-refractivity contribution in [3.8, 4) is 0 Å². The second-order valence-corrected chi connectivity index (χ2v) is 5.69. The number of hydrogen-bond donors (Lipinski definition) is 2. The molecule has 0 amide bonds. The minimum atomic E-state index is 0.338. The van der Waals surface area contributed by atoms with Gasteiger partial charge in [0.05, 0.1) is 23.8 Å². The molecule has 0 aliphatic carbocycles. The van der Waals surface area contributed by atoms with Gasteiger partial charge in [0.1, 0.15) is 0 Å². The molecule has 0 bridgehead atoms. The van der Waals surface area contributed by atoms with Crippen molar-refractivity contribution in [3.63, 3.8) is 0 Å². The highest BCUT2D eigenvalue weighted by Gasteiger charge is 2.16. The maximum atomic E-state index is 4.21. The van der Waals surface area contributed by atoms with Crippen molar-refractivity contribution < 1.29 is 0 Å². The second kappa shape index (κ2) is 7.24. The Morgan fingerprint density at radius 2 is 1.89 bits per heavy atom. The van der Waals surface area contributed by atoms with Gasteiger partial charge in [-0.05, 0) is 17.9 Å². The lowest BCUT2D eigenvalue weighted by Gasteiger charge is -2.25. The summed E-state index contributed by atoms with van der Waals surface area (Å²) in [6.07, 6.45) is 8.92. The number of nitrogens with zero attached hydrogens (tertiary/aromatic N) is 1. The average Bonchev–Trinajstić information content (AvgIpc) is 2.37. The first-order valence-electron chi connectivity index (χ1n) is 6.94.